The molecule has 1 aromatic carbocycles. The highest BCUT2D eigenvalue weighted by molar-refractivity contribution is 7.08. The number of amides is 1. The van der Waals surface area contributed by atoms with E-state index < -0.39 is 23.2 Å². The summed E-state index contributed by atoms with van der Waals surface area (Å²) in [5.41, 5.74) is -0.191. The molecule has 0 spiro atoms. The predicted octanol–water partition coefficient (Wildman–Crippen LogP) is 4.67. The molecule has 0 aliphatic heterocycles. The Morgan fingerprint density at radius 3 is 2.70 bits per heavy atom. The monoisotopic (exact) mass is 338 g/mol. The summed E-state index contributed by atoms with van der Waals surface area (Å²) >= 11 is 1.47. The van der Waals surface area contributed by atoms with Gasteiger partial charge < -0.3 is 4.52 Å². The molecule has 0 unspecified atom stereocenters. The second-order valence-electron chi connectivity index (χ2n) is 4.59. The fraction of sp³-hybridized carbons (Fsp3) is 0.0667. The SMILES string of the molecule is O=C(Nc1cc(-c2ccsc2)no1)c1ccccc1C(F)(F)F. The number of benzene rings is 1. The highest BCUT2D eigenvalue weighted by Gasteiger charge is 2.35. The molecule has 3 aromatic rings. The van der Waals surface area contributed by atoms with E-state index >= 15 is 0 Å². The third-order valence-corrected chi connectivity index (χ3v) is 3.72. The van der Waals surface area contributed by atoms with Gasteiger partial charge in [-0.1, -0.05) is 17.3 Å². The summed E-state index contributed by atoms with van der Waals surface area (Å²) < 4.78 is 43.7. The summed E-state index contributed by atoms with van der Waals surface area (Å²) in [5, 5.41) is 9.74. The first kappa shape index (κ1) is 15.3. The molecule has 118 valence electrons. The number of thiophene rings is 1. The molecule has 23 heavy (non-hydrogen) atoms. The molecule has 1 N–H and O–H groups in total. The van der Waals surface area contributed by atoms with Gasteiger partial charge in [0.15, 0.2) is 0 Å². The molecular formula is C15H9F3N2O2S. The third-order valence-electron chi connectivity index (χ3n) is 3.04. The predicted molar refractivity (Wildman–Crippen MR) is 79.2 cm³/mol. The van der Waals surface area contributed by atoms with Crippen LogP contribution in [0.2, 0.25) is 0 Å². The van der Waals surface area contributed by atoms with Crippen LogP contribution in [0.4, 0.5) is 19.1 Å². The van der Waals surface area contributed by atoms with E-state index in [1.54, 1.807) is 0 Å². The van der Waals surface area contributed by atoms with Gasteiger partial charge in [-0.2, -0.15) is 24.5 Å². The summed E-state index contributed by atoms with van der Waals surface area (Å²) in [6.45, 7) is 0. The van der Waals surface area contributed by atoms with Gasteiger partial charge in [0.05, 0.1) is 11.1 Å². The normalized spacial score (nSPS) is 11.4. The van der Waals surface area contributed by atoms with Gasteiger partial charge in [-0.15, -0.1) is 0 Å². The highest BCUT2D eigenvalue weighted by atomic mass is 32.1. The Morgan fingerprint density at radius 2 is 2.00 bits per heavy atom. The molecule has 3 rings (SSSR count). The number of rotatable bonds is 3. The minimum atomic E-state index is -4.61. The molecule has 0 fully saturated rings. The maximum Gasteiger partial charge on any atom is 0.417 e. The molecule has 8 heteroatoms. The average molecular weight is 338 g/mol. The molecule has 4 nitrogen and oxygen atoms in total. The summed E-state index contributed by atoms with van der Waals surface area (Å²) in [5.74, 6) is -0.931. The second kappa shape index (κ2) is 5.88. The van der Waals surface area contributed by atoms with E-state index in [1.807, 2.05) is 16.8 Å². The summed E-state index contributed by atoms with van der Waals surface area (Å²) in [6.07, 6.45) is -4.61. The molecule has 0 aliphatic carbocycles. The van der Waals surface area contributed by atoms with Crippen molar-refractivity contribution in [3.05, 3.63) is 58.3 Å². The van der Waals surface area contributed by atoms with Crippen molar-refractivity contribution in [3.63, 3.8) is 0 Å². The fourth-order valence-electron chi connectivity index (χ4n) is 1.99. The molecule has 0 radical (unpaired) electrons. The number of aromatic nitrogens is 1. The smallest absolute Gasteiger partial charge is 0.338 e. The zero-order chi connectivity index (χ0) is 16.4. The zero-order valence-corrected chi connectivity index (χ0v) is 12.2. The van der Waals surface area contributed by atoms with Crippen LogP contribution in [-0.4, -0.2) is 11.1 Å². The number of anilines is 1. The molecule has 1 amide bonds. The Bertz CT molecular complexity index is 825. The topological polar surface area (TPSA) is 55.1 Å². The minimum Gasteiger partial charge on any atom is -0.338 e. The van der Waals surface area contributed by atoms with Gasteiger partial charge in [-0.25, -0.2) is 0 Å². The van der Waals surface area contributed by atoms with Crippen molar-refractivity contribution in [2.45, 2.75) is 6.18 Å². The standard InChI is InChI=1S/C15H9F3N2O2S/c16-15(17,18)11-4-2-1-3-10(11)14(21)19-13-7-12(20-22-13)9-5-6-23-8-9/h1-8H,(H,19,21). The van der Waals surface area contributed by atoms with Crippen molar-refractivity contribution in [2.24, 2.45) is 0 Å². The molecule has 2 heterocycles. The largest absolute Gasteiger partial charge is 0.417 e. The maximum atomic E-state index is 12.9. The molecular weight excluding hydrogens is 329 g/mol. The van der Waals surface area contributed by atoms with Crippen LogP contribution in [0.5, 0.6) is 0 Å². The van der Waals surface area contributed by atoms with Gasteiger partial charge >= 0.3 is 6.18 Å². The molecule has 0 bridgehead atoms. The third kappa shape index (κ3) is 3.26. The molecule has 2 aromatic heterocycles. The number of carbonyl (C=O) groups is 1. The molecule has 0 atom stereocenters. The van der Waals surface area contributed by atoms with E-state index in [1.165, 1.54) is 29.5 Å². The van der Waals surface area contributed by atoms with Crippen LogP contribution >= 0.6 is 11.3 Å². The first-order valence-corrected chi connectivity index (χ1v) is 7.36. The van der Waals surface area contributed by atoms with Crippen molar-refractivity contribution in [1.82, 2.24) is 5.16 Å². The van der Waals surface area contributed by atoms with Crippen molar-refractivity contribution in [1.29, 1.82) is 0 Å². The summed E-state index contributed by atoms with van der Waals surface area (Å²) in [6, 6.07) is 7.81. The quantitative estimate of drug-likeness (QED) is 0.755. The van der Waals surface area contributed by atoms with Crippen molar-refractivity contribution < 1.29 is 22.5 Å². The van der Waals surface area contributed by atoms with Gasteiger partial charge in [-0.05, 0) is 23.6 Å². The number of alkyl halides is 3. The van der Waals surface area contributed by atoms with Crippen molar-refractivity contribution >= 4 is 23.1 Å². The number of carbonyl (C=O) groups excluding carboxylic acids is 1. The van der Waals surface area contributed by atoms with Crippen LogP contribution < -0.4 is 5.32 Å². The lowest BCUT2D eigenvalue weighted by molar-refractivity contribution is -0.137. The Hall–Kier alpha value is -2.61. The van der Waals surface area contributed by atoms with Gasteiger partial charge in [0, 0.05) is 17.0 Å². The zero-order valence-electron chi connectivity index (χ0n) is 11.4. The Balaban J connectivity index is 1.83. The lowest BCUT2D eigenvalue weighted by Gasteiger charge is -2.11. The average Bonchev–Trinajstić information content (AvgIpc) is 3.17. The fourth-order valence-corrected chi connectivity index (χ4v) is 2.64. The van der Waals surface area contributed by atoms with Crippen LogP contribution in [0.3, 0.4) is 0 Å². The minimum absolute atomic E-state index is 0.0202. The van der Waals surface area contributed by atoms with Crippen LogP contribution in [0.1, 0.15) is 15.9 Å². The molecule has 0 saturated carbocycles. The maximum absolute atomic E-state index is 12.9. The van der Waals surface area contributed by atoms with E-state index in [9.17, 15) is 18.0 Å². The highest BCUT2D eigenvalue weighted by Crippen LogP contribution is 2.32. The Kier molecular flexibility index (Phi) is 3.91. The van der Waals surface area contributed by atoms with Gasteiger partial charge in [0.2, 0.25) is 5.88 Å². The number of hydrogen-bond donors (Lipinski definition) is 1. The van der Waals surface area contributed by atoms with E-state index in [0.29, 0.717) is 5.69 Å². The Labute approximate surface area is 132 Å². The number of hydrogen-bond acceptors (Lipinski definition) is 4. The summed E-state index contributed by atoms with van der Waals surface area (Å²) in [4.78, 5) is 12.1. The molecule has 0 aliphatic rings. The van der Waals surface area contributed by atoms with Gasteiger partial charge in [0.1, 0.15) is 5.69 Å². The van der Waals surface area contributed by atoms with Gasteiger partial charge in [0.25, 0.3) is 5.91 Å². The van der Waals surface area contributed by atoms with Crippen LogP contribution in [0.15, 0.2) is 51.7 Å². The van der Waals surface area contributed by atoms with E-state index in [2.05, 4.69) is 10.5 Å². The van der Waals surface area contributed by atoms with Gasteiger partial charge in [-0.3, -0.25) is 10.1 Å². The lowest BCUT2D eigenvalue weighted by atomic mass is 10.1. The van der Waals surface area contributed by atoms with E-state index in [0.717, 1.165) is 17.7 Å². The number of nitrogens with one attached hydrogen (secondary N) is 1. The number of halogens is 3. The first-order valence-electron chi connectivity index (χ1n) is 6.42. The number of nitrogens with zero attached hydrogens (tertiary/aromatic N) is 1. The first-order chi connectivity index (χ1) is 10.9. The van der Waals surface area contributed by atoms with Crippen molar-refractivity contribution in [2.75, 3.05) is 5.32 Å². The Morgan fingerprint density at radius 1 is 1.22 bits per heavy atom. The van der Waals surface area contributed by atoms with E-state index in [-0.39, 0.29) is 5.88 Å². The van der Waals surface area contributed by atoms with E-state index in [4.69, 9.17) is 4.52 Å². The lowest BCUT2D eigenvalue weighted by Crippen LogP contribution is -2.18. The molecule has 0 saturated heterocycles. The van der Waals surface area contributed by atoms with Crippen molar-refractivity contribution in [3.8, 4) is 11.3 Å². The van der Waals surface area contributed by atoms with Crippen LogP contribution in [0.25, 0.3) is 11.3 Å². The van der Waals surface area contributed by atoms with Crippen LogP contribution in [0, 0.1) is 0 Å². The summed E-state index contributed by atoms with van der Waals surface area (Å²) in [7, 11) is 0. The second-order valence-corrected chi connectivity index (χ2v) is 5.37. The van der Waals surface area contributed by atoms with Crippen LogP contribution in [-0.2, 0) is 6.18 Å².